The molecule has 2 rings (SSSR count). The lowest BCUT2D eigenvalue weighted by atomic mass is 10.2. The fourth-order valence-corrected chi connectivity index (χ4v) is 2.20. The molecule has 0 fully saturated rings. The van der Waals surface area contributed by atoms with Crippen molar-refractivity contribution in [3.8, 4) is 0 Å². The van der Waals surface area contributed by atoms with Crippen molar-refractivity contribution < 1.29 is 9.90 Å². The molecule has 0 spiro atoms. The van der Waals surface area contributed by atoms with Gasteiger partial charge < -0.3 is 10.4 Å². The Morgan fingerprint density at radius 1 is 1.42 bits per heavy atom. The normalized spacial score (nSPS) is 10.2. The maximum absolute atomic E-state index is 11.0. The monoisotopic (exact) mass is 320 g/mol. The lowest BCUT2D eigenvalue weighted by molar-refractivity contribution is 0.0697. The van der Waals surface area contributed by atoms with Gasteiger partial charge in [-0.1, -0.05) is 22.0 Å². The van der Waals surface area contributed by atoms with Crippen molar-refractivity contribution in [2.45, 2.75) is 13.5 Å². The average molecular weight is 321 g/mol. The summed E-state index contributed by atoms with van der Waals surface area (Å²) >= 11 is 3.30. The Bertz CT molecular complexity index is 614. The second kappa shape index (κ2) is 5.84. The number of anilines is 1. The van der Waals surface area contributed by atoms with Crippen molar-refractivity contribution in [2.24, 2.45) is 0 Å². The number of benzene rings is 1. The van der Waals surface area contributed by atoms with Crippen molar-refractivity contribution in [2.75, 3.05) is 5.32 Å². The van der Waals surface area contributed by atoms with Crippen LogP contribution in [0, 0.1) is 6.92 Å². The van der Waals surface area contributed by atoms with Crippen LogP contribution in [-0.2, 0) is 6.54 Å². The topological polar surface area (TPSA) is 62.2 Å². The highest BCUT2D eigenvalue weighted by molar-refractivity contribution is 9.10. The van der Waals surface area contributed by atoms with E-state index in [0.717, 1.165) is 21.4 Å². The number of halogens is 1. The molecule has 0 aliphatic rings. The van der Waals surface area contributed by atoms with Crippen LogP contribution in [0.5, 0.6) is 0 Å². The second-order valence-electron chi connectivity index (χ2n) is 4.15. The SMILES string of the molecule is Cc1cccnc1CNc1cc(Br)cc(C(=O)O)c1. The first-order chi connectivity index (χ1) is 9.06. The lowest BCUT2D eigenvalue weighted by Crippen LogP contribution is -2.05. The molecule has 0 saturated carbocycles. The summed E-state index contributed by atoms with van der Waals surface area (Å²) in [7, 11) is 0. The summed E-state index contributed by atoms with van der Waals surface area (Å²) in [6.45, 7) is 2.55. The number of carboxylic acid groups (broad SMARTS) is 1. The molecule has 0 aliphatic heterocycles. The lowest BCUT2D eigenvalue weighted by Gasteiger charge is -2.09. The van der Waals surface area contributed by atoms with Crippen LogP contribution < -0.4 is 5.32 Å². The summed E-state index contributed by atoms with van der Waals surface area (Å²) < 4.78 is 0.729. The molecule has 4 nitrogen and oxygen atoms in total. The summed E-state index contributed by atoms with van der Waals surface area (Å²) in [5, 5.41) is 12.2. The Labute approximate surface area is 119 Å². The third kappa shape index (κ3) is 3.54. The fourth-order valence-electron chi connectivity index (χ4n) is 1.70. The molecule has 0 radical (unpaired) electrons. The summed E-state index contributed by atoms with van der Waals surface area (Å²) in [4.78, 5) is 15.3. The van der Waals surface area contributed by atoms with Crippen molar-refractivity contribution in [3.63, 3.8) is 0 Å². The second-order valence-corrected chi connectivity index (χ2v) is 5.07. The van der Waals surface area contributed by atoms with Crippen molar-refractivity contribution >= 4 is 27.6 Å². The summed E-state index contributed by atoms with van der Waals surface area (Å²) in [5.74, 6) is -0.946. The molecule has 19 heavy (non-hydrogen) atoms. The predicted molar refractivity (Wildman–Crippen MR) is 77.4 cm³/mol. The minimum atomic E-state index is -0.946. The minimum absolute atomic E-state index is 0.245. The molecular weight excluding hydrogens is 308 g/mol. The molecule has 1 aromatic heterocycles. The fraction of sp³-hybridized carbons (Fsp3) is 0.143. The zero-order valence-corrected chi connectivity index (χ0v) is 11.9. The number of aromatic nitrogens is 1. The Balaban J connectivity index is 2.16. The van der Waals surface area contributed by atoms with E-state index in [1.165, 1.54) is 0 Å². The standard InChI is InChI=1S/C14H13BrN2O2/c1-9-3-2-4-16-13(9)8-17-12-6-10(14(18)19)5-11(15)7-12/h2-7,17H,8H2,1H3,(H,18,19). The maximum atomic E-state index is 11.0. The van der Waals surface area contributed by atoms with E-state index < -0.39 is 5.97 Å². The van der Waals surface area contributed by atoms with Gasteiger partial charge in [0.2, 0.25) is 0 Å². The molecule has 0 aliphatic carbocycles. The van der Waals surface area contributed by atoms with Gasteiger partial charge >= 0.3 is 5.97 Å². The molecule has 5 heteroatoms. The molecule has 0 unspecified atom stereocenters. The van der Waals surface area contributed by atoms with Crippen molar-refractivity contribution in [1.82, 2.24) is 4.98 Å². The number of hydrogen-bond acceptors (Lipinski definition) is 3. The third-order valence-corrected chi connectivity index (χ3v) is 3.18. The summed E-state index contributed by atoms with van der Waals surface area (Å²) in [6, 6.07) is 8.89. The Morgan fingerprint density at radius 3 is 2.89 bits per heavy atom. The first kappa shape index (κ1) is 13.5. The number of rotatable bonds is 4. The van der Waals surface area contributed by atoms with Crippen LogP contribution in [0.1, 0.15) is 21.6 Å². The molecule has 1 aromatic carbocycles. The zero-order valence-electron chi connectivity index (χ0n) is 10.4. The Kier molecular flexibility index (Phi) is 4.16. The van der Waals surface area contributed by atoms with E-state index in [4.69, 9.17) is 5.11 Å². The third-order valence-electron chi connectivity index (χ3n) is 2.72. The number of aromatic carboxylic acids is 1. The Hall–Kier alpha value is -1.88. The summed E-state index contributed by atoms with van der Waals surface area (Å²) in [5.41, 5.74) is 3.04. The van der Waals surface area contributed by atoms with Crippen LogP contribution in [0.2, 0.25) is 0 Å². The van der Waals surface area contributed by atoms with Gasteiger partial charge in [0, 0.05) is 16.4 Å². The van der Waals surface area contributed by atoms with E-state index in [0.29, 0.717) is 6.54 Å². The van der Waals surface area contributed by atoms with Gasteiger partial charge in [-0.15, -0.1) is 0 Å². The molecule has 0 saturated heterocycles. The highest BCUT2D eigenvalue weighted by atomic mass is 79.9. The van der Waals surface area contributed by atoms with Gasteiger partial charge in [-0.3, -0.25) is 4.98 Å². The minimum Gasteiger partial charge on any atom is -0.478 e. The van der Waals surface area contributed by atoms with Gasteiger partial charge in [-0.25, -0.2) is 4.79 Å². The predicted octanol–water partition coefficient (Wildman–Crippen LogP) is 3.46. The van der Waals surface area contributed by atoms with Crippen LogP contribution in [0.15, 0.2) is 41.0 Å². The zero-order chi connectivity index (χ0) is 13.8. The maximum Gasteiger partial charge on any atom is 0.335 e. The molecule has 0 atom stereocenters. The number of nitrogens with one attached hydrogen (secondary N) is 1. The van der Waals surface area contributed by atoms with Crippen LogP contribution in [0.4, 0.5) is 5.69 Å². The molecular formula is C14H13BrN2O2. The average Bonchev–Trinajstić information content (AvgIpc) is 2.37. The quantitative estimate of drug-likeness (QED) is 0.905. The van der Waals surface area contributed by atoms with Crippen LogP contribution in [0.3, 0.4) is 0 Å². The van der Waals surface area contributed by atoms with Crippen molar-refractivity contribution in [3.05, 3.63) is 57.8 Å². The van der Waals surface area contributed by atoms with Crippen LogP contribution in [0.25, 0.3) is 0 Å². The van der Waals surface area contributed by atoms with Crippen molar-refractivity contribution in [1.29, 1.82) is 0 Å². The van der Waals surface area contributed by atoms with Gasteiger partial charge in [-0.05, 0) is 36.8 Å². The van der Waals surface area contributed by atoms with Gasteiger partial charge in [0.1, 0.15) is 0 Å². The number of nitrogens with zero attached hydrogens (tertiary/aromatic N) is 1. The number of aryl methyl sites for hydroxylation is 1. The van der Waals surface area contributed by atoms with Gasteiger partial charge in [0.05, 0.1) is 17.8 Å². The molecule has 2 N–H and O–H groups in total. The highest BCUT2D eigenvalue weighted by Crippen LogP contribution is 2.20. The van der Waals surface area contributed by atoms with E-state index in [1.807, 2.05) is 25.1 Å². The first-order valence-corrected chi connectivity index (χ1v) is 6.54. The van der Waals surface area contributed by atoms with E-state index in [2.05, 4.69) is 26.2 Å². The molecule has 2 aromatic rings. The van der Waals surface area contributed by atoms with Gasteiger partial charge in [-0.2, -0.15) is 0 Å². The van der Waals surface area contributed by atoms with Crippen LogP contribution in [-0.4, -0.2) is 16.1 Å². The number of pyridine rings is 1. The number of hydrogen-bond donors (Lipinski definition) is 2. The largest absolute Gasteiger partial charge is 0.478 e. The van der Waals surface area contributed by atoms with E-state index in [1.54, 1.807) is 18.3 Å². The van der Waals surface area contributed by atoms with E-state index in [-0.39, 0.29) is 5.56 Å². The van der Waals surface area contributed by atoms with Gasteiger partial charge in [0.25, 0.3) is 0 Å². The molecule has 0 bridgehead atoms. The van der Waals surface area contributed by atoms with Gasteiger partial charge in [0.15, 0.2) is 0 Å². The van der Waals surface area contributed by atoms with Crippen LogP contribution >= 0.6 is 15.9 Å². The highest BCUT2D eigenvalue weighted by Gasteiger charge is 2.06. The molecule has 98 valence electrons. The molecule has 1 heterocycles. The van der Waals surface area contributed by atoms with E-state index in [9.17, 15) is 4.79 Å². The molecule has 0 amide bonds. The van der Waals surface area contributed by atoms with E-state index >= 15 is 0 Å². The number of carboxylic acids is 1. The first-order valence-electron chi connectivity index (χ1n) is 5.74. The summed E-state index contributed by atoms with van der Waals surface area (Å²) in [6.07, 6.45) is 1.74. The Morgan fingerprint density at radius 2 is 2.21 bits per heavy atom. The number of carbonyl (C=O) groups is 1. The smallest absolute Gasteiger partial charge is 0.335 e.